The van der Waals surface area contributed by atoms with Crippen LogP contribution in [0.5, 0.6) is 0 Å². The van der Waals surface area contributed by atoms with Gasteiger partial charge in [-0.15, -0.1) is 0 Å². The normalized spacial score (nSPS) is 17.5. The first-order valence-electron chi connectivity index (χ1n) is 6.21. The Balaban J connectivity index is 1.80. The number of amides is 1. The molecule has 5 nitrogen and oxygen atoms in total. The van der Waals surface area contributed by atoms with Gasteiger partial charge in [0, 0.05) is 12.2 Å². The van der Waals surface area contributed by atoms with Gasteiger partial charge in [-0.2, -0.15) is 5.10 Å². The summed E-state index contributed by atoms with van der Waals surface area (Å²) in [5, 5.41) is 7.48. The van der Waals surface area contributed by atoms with E-state index in [2.05, 4.69) is 17.3 Å². The summed E-state index contributed by atoms with van der Waals surface area (Å²) in [7, 11) is 0. The molecule has 5 heteroatoms. The molecule has 1 aromatic rings. The van der Waals surface area contributed by atoms with E-state index in [1.165, 1.54) is 25.7 Å². The van der Waals surface area contributed by atoms with Gasteiger partial charge in [0.25, 0.3) is 0 Å². The highest BCUT2D eigenvalue weighted by Gasteiger charge is 2.19. The number of hydrogen-bond donors (Lipinski definition) is 2. The summed E-state index contributed by atoms with van der Waals surface area (Å²) < 4.78 is 1.56. The van der Waals surface area contributed by atoms with Gasteiger partial charge in [0.15, 0.2) is 0 Å². The van der Waals surface area contributed by atoms with E-state index in [1.54, 1.807) is 10.9 Å². The molecule has 1 aliphatic rings. The second-order valence-corrected chi connectivity index (χ2v) is 4.97. The highest BCUT2D eigenvalue weighted by molar-refractivity contribution is 5.73. The van der Waals surface area contributed by atoms with Gasteiger partial charge in [-0.25, -0.2) is 0 Å². The molecule has 2 rings (SSSR count). The molecule has 1 unspecified atom stereocenters. The van der Waals surface area contributed by atoms with Crippen LogP contribution in [0.1, 0.15) is 32.6 Å². The molecule has 0 bridgehead atoms. The third-order valence-corrected chi connectivity index (χ3v) is 3.28. The van der Waals surface area contributed by atoms with Gasteiger partial charge < -0.3 is 11.1 Å². The number of hydrogen-bond acceptors (Lipinski definition) is 3. The van der Waals surface area contributed by atoms with Crippen LogP contribution in [0.15, 0.2) is 12.4 Å². The van der Waals surface area contributed by atoms with Gasteiger partial charge in [0.05, 0.1) is 11.9 Å². The molecule has 1 atom stereocenters. The first-order valence-corrected chi connectivity index (χ1v) is 6.21. The summed E-state index contributed by atoms with van der Waals surface area (Å²) >= 11 is 0. The summed E-state index contributed by atoms with van der Waals surface area (Å²) in [6.45, 7) is 2.32. The Kier molecular flexibility index (Phi) is 3.66. The first-order chi connectivity index (χ1) is 8.13. The molecule has 1 saturated carbocycles. The van der Waals surface area contributed by atoms with Crippen LogP contribution in [0.3, 0.4) is 0 Å². The van der Waals surface area contributed by atoms with E-state index in [9.17, 15) is 4.79 Å². The average Bonchev–Trinajstić information content (AvgIpc) is 2.58. The SMILES string of the molecule is CC(CC1CCC1)Nc1cnn(CC(N)=O)c1. The summed E-state index contributed by atoms with van der Waals surface area (Å²) in [6.07, 6.45) is 8.89. The summed E-state index contributed by atoms with van der Waals surface area (Å²) in [6, 6.07) is 0.450. The maximum Gasteiger partial charge on any atom is 0.239 e. The van der Waals surface area contributed by atoms with Crippen molar-refractivity contribution in [3.63, 3.8) is 0 Å². The highest BCUT2D eigenvalue weighted by Crippen LogP contribution is 2.30. The minimum absolute atomic E-state index is 0.138. The zero-order valence-electron chi connectivity index (χ0n) is 10.2. The number of rotatable bonds is 6. The zero-order valence-corrected chi connectivity index (χ0v) is 10.2. The lowest BCUT2D eigenvalue weighted by atomic mass is 9.81. The fraction of sp³-hybridized carbons (Fsp3) is 0.667. The second kappa shape index (κ2) is 5.21. The molecule has 0 spiro atoms. The Morgan fingerprint density at radius 2 is 2.47 bits per heavy atom. The van der Waals surface area contributed by atoms with Crippen LogP contribution in [-0.4, -0.2) is 21.7 Å². The van der Waals surface area contributed by atoms with Crippen LogP contribution >= 0.6 is 0 Å². The van der Waals surface area contributed by atoms with E-state index >= 15 is 0 Å². The van der Waals surface area contributed by atoms with Gasteiger partial charge >= 0.3 is 0 Å². The van der Waals surface area contributed by atoms with Gasteiger partial charge in [0.2, 0.25) is 5.91 Å². The molecule has 0 saturated heterocycles. The summed E-state index contributed by atoms with van der Waals surface area (Å²) in [4.78, 5) is 10.7. The third kappa shape index (κ3) is 3.47. The standard InChI is InChI=1S/C12H20N4O/c1-9(5-10-3-2-4-10)15-11-6-14-16(7-11)8-12(13)17/h6-7,9-10,15H,2-5,8H2,1H3,(H2,13,17). The third-order valence-electron chi connectivity index (χ3n) is 3.28. The predicted molar refractivity (Wildman–Crippen MR) is 66.5 cm³/mol. The summed E-state index contributed by atoms with van der Waals surface area (Å²) in [5.41, 5.74) is 6.06. The largest absolute Gasteiger partial charge is 0.380 e. The molecule has 17 heavy (non-hydrogen) atoms. The number of primary amides is 1. The van der Waals surface area contributed by atoms with E-state index in [0.29, 0.717) is 6.04 Å². The number of aromatic nitrogens is 2. The molecule has 1 aromatic heterocycles. The van der Waals surface area contributed by atoms with Crippen molar-refractivity contribution in [3.8, 4) is 0 Å². The quantitative estimate of drug-likeness (QED) is 0.783. The molecule has 0 radical (unpaired) electrons. The number of nitrogens with two attached hydrogens (primary N) is 1. The maximum atomic E-state index is 10.7. The summed E-state index contributed by atoms with van der Waals surface area (Å²) in [5.74, 6) is 0.514. The molecule has 94 valence electrons. The van der Waals surface area contributed by atoms with Gasteiger partial charge in [-0.05, 0) is 19.3 Å². The molecular weight excluding hydrogens is 216 g/mol. The maximum absolute atomic E-state index is 10.7. The Morgan fingerprint density at radius 3 is 3.06 bits per heavy atom. The van der Waals surface area contributed by atoms with Crippen LogP contribution in [0.2, 0.25) is 0 Å². The number of nitrogens with one attached hydrogen (secondary N) is 1. The van der Waals surface area contributed by atoms with Gasteiger partial charge in [-0.1, -0.05) is 19.3 Å². The Hall–Kier alpha value is -1.52. The van der Waals surface area contributed by atoms with Crippen LogP contribution in [0.25, 0.3) is 0 Å². The Labute approximate surface area is 101 Å². The smallest absolute Gasteiger partial charge is 0.239 e. The fourth-order valence-corrected chi connectivity index (χ4v) is 2.26. The highest BCUT2D eigenvalue weighted by atomic mass is 16.1. The van der Waals surface area contributed by atoms with E-state index in [-0.39, 0.29) is 12.5 Å². The number of carbonyl (C=O) groups excluding carboxylic acids is 1. The number of nitrogens with zero attached hydrogens (tertiary/aromatic N) is 2. The van der Waals surface area contributed by atoms with Crippen LogP contribution in [0, 0.1) is 5.92 Å². The van der Waals surface area contributed by atoms with Crippen LogP contribution in [0.4, 0.5) is 5.69 Å². The molecule has 1 fully saturated rings. The first kappa shape index (κ1) is 12.0. The zero-order chi connectivity index (χ0) is 12.3. The average molecular weight is 236 g/mol. The lowest BCUT2D eigenvalue weighted by Gasteiger charge is -2.28. The Bertz CT molecular complexity index is 384. The molecule has 0 aromatic carbocycles. The lowest BCUT2D eigenvalue weighted by Crippen LogP contribution is -2.23. The van der Waals surface area contributed by atoms with E-state index in [0.717, 1.165) is 11.6 Å². The van der Waals surface area contributed by atoms with Crippen molar-refractivity contribution in [3.05, 3.63) is 12.4 Å². The van der Waals surface area contributed by atoms with Crippen molar-refractivity contribution in [2.75, 3.05) is 5.32 Å². The minimum Gasteiger partial charge on any atom is -0.380 e. The molecule has 3 N–H and O–H groups in total. The van der Waals surface area contributed by atoms with Crippen molar-refractivity contribution in [2.24, 2.45) is 11.7 Å². The van der Waals surface area contributed by atoms with E-state index in [4.69, 9.17) is 5.73 Å². The van der Waals surface area contributed by atoms with E-state index in [1.807, 2.05) is 6.20 Å². The van der Waals surface area contributed by atoms with Crippen molar-refractivity contribution < 1.29 is 4.79 Å². The molecule has 1 heterocycles. The molecule has 1 aliphatic carbocycles. The second-order valence-electron chi connectivity index (χ2n) is 4.97. The van der Waals surface area contributed by atoms with E-state index < -0.39 is 0 Å². The predicted octanol–water partition coefficient (Wildman–Crippen LogP) is 1.36. The lowest BCUT2D eigenvalue weighted by molar-refractivity contribution is -0.118. The minimum atomic E-state index is -0.373. The molecular formula is C12H20N4O. The van der Waals surface area contributed by atoms with Crippen molar-refractivity contribution >= 4 is 11.6 Å². The fourth-order valence-electron chi connectivity index (χ4n) is 2.26. The van der Waals surface area contributed by atoms with Crippen LogP contribution in [-0.2, 0) is 11.3 Å². The molecule has 1 amide bonds. The number of anilines is 1. The molecule has 0 aliphatic heterocycles. The van der Waals surface area contributed by atoms with Crippen molar-refractivity contribution in [1.29, 1.82) is 0 Å². The Morgan fingerprint density at radius 1 is 1.71 bits per heavy atom. The van der Waals surface area contributed by atoms with Crippen LogP contribution < -0.4 is 11.1 Å². The monoisotopic (exact) mass is 236 g/mol. The van der Waals surface area contributed by atoms with Gasteiger partial charge in [-0.3, -0.25) is 9.48 Å². The topological polar surface area (TPSA) is 72.9 Å². The van der Waals surface area contributed by atoms with Crippen molar-refractivity contribution in [2.45, 2.75) is 45.2 Å². The van der Waals surface area contributed by atoms with Crippen molar-refractivity contribution in [1.82, 2.24) is 9.78 Å². The number of carbonyl (C=O) groups is 1. The van der Waals surface area contributed by atoms with Gasteiger partial charge in [0.1, 0.15) is 6.54 Å².